The van der Waals surface area contributed by atoms with Gasteiger partial charge in [0.1, 0.15) is 11.6 Å². The number of halogens is 1. The van der Waals surface area contributed by atoms with Gasteiger partial charge in [0, 0.05) is 22.7 Å². The second-order valence-corrected chi connectivity index (χ2v) is 8.70. The highest BCUT2D eigenvalue weighted by Gasteiger charge is 2.18. The molecule has 0 spiro atoms. The number of H-pyrrole nitrogens is 1. The SMILES string of the molecule is COc1ccc(NC(=O)c2cc(=O)[nH]c3ccccc23)cc1NS(=O)(=O)c1ccc(F)cc1. The molecule has 8 nitrogen and oxygen atoms in total. The zero-order valence-corrected chi connectivity index (χ0v) is 18.1. The smallest absolute Gasteiger partial charge is 0.262 e. The predicted octanol–water partition coefficient (Wildman–Crippen LogP) is 3.73. The van der Waals surface area contributed by atoms with Crippen LogP contribution in [0.5, 0.6) is 5.75 Å². The highest BCUT2D eigenvalue weighted by atomic mass is 32.2. The van der Waals surface area contributed by atoms with Crippen LogP contribution in [0, 0.1) is 5.82 Å². The molecule has 3 N–H and O–H groups in total. The van der Waals surface area contributed by atoms with Crippen LogP contribution < -0.4 is 20.3 Å². The first-order valence-electron chi connectivity index (χ1n) is 9.67. The van der Waals surface area contributed by atoms with Crippen molar-refractivity contribution < 1.29 is 22.3 Å². The van der Waals surface area contributed by atoms with Crippen molar-refractivity contribution >= 4 is 38.2 Å². The largest absolute Gasteiger partial charge is 0.495 e. The number of amides is 1. The van der Waals surface area contributed by atoms with Crippen molar-refractivity contribution in [2.45, 2.75) is 4.90 Å². The van der Waals surface area contributed by atoms with Crippen LogP contribution in [0.15, 0.2) is 82.5 Å². The van der Waals surface area contributed by atoms with Gasteiger partial charge in [0.15, 0.2) is 0 Å². The first-order valence-corrected chi connectivity index (χ1v) is 11.1. The van der Waals surface area contributed by atoms with Gasteiger partial charge in [-0.25, -0.2) is 12.8 Å². The number of aromatic amines is 1. The van der Waals surface area contributed by atoms with Gasteiger partial charge in [0.2, 0.25) is 5.56 Å². The van der Waals surface area contributed by atoms with Crippen LogP contribution in [0.4, 0.5) is 15.8 Å². The minimum Gasteiger partial charge on any atom is -0.495 e. The normalized spacial score (nSPS) is 11.2. The van der Waals surface area contributed by atoms with Crippen molar-refractivity contribution in [2.24, 2.45) is 0 Å². The van der Waals surface area contributed by atoms with E-state index in [1.54, 1.807) is 24.3 Å². The molecule has 1 heterocycles. The summed E-state index contributed by atoms with van der Waals surface area (Å²) in [5, 5.41) is 3.23. The van der Waals surface area contributed by atoms with Gasteiger partial charge in [-0.3, -0.25) is 14.3 Å². The molecule has 0 aliphatic heterocycles. The Morgan fingerprint density at radius 2 is 1.73 bits per heavy atom. The van der Waals surface area contributed by atoms with Gasteiger partial charge >= 0.3 is 0 Å². The van der Waals surface area contributed by atoms with Crippen LogP contribution in [0.25, 0.3) is 10.9 Å². The lowest BCUT2D eigenvalue weighted by molar-refractivity contribution is 0.102. The van der Waals surface area contributed by atoms with Crippen LogP contribution in [-0.4, -0.2) is 26.4 Å². The third-order valence-electron chi connectivity index (χ3n) is 4.82. The zero-order valence-electron chi connectivity index (χ0n) is 17.3. The summed E-state index contributed by atoms with van der Waals surface area (Å²) in [6, 6.07) is 16.8. The lowest BCUT2D eigenvalue weighted by Crippen LogP contribution is -2.17. The Hall–Kier alpha value is -4.18. The molecule has 0 atom stereocenters. The van der Waals surface area contributed by atoms with Crippen LogP contribution >= 0.6 is 0 Å². The van der Waals surface area contributed by atoms with E-state index in [0.29, 0.717) is 10.9 Å². The van der Waals surface area contributed by atoms with E-state index < -0.39 is 27.3 Å². The molecule has 0 fully saturated rings. The lowest BCUT2D eigenvalue weighted by atomic mass is 10.1. The Morgan fingerprint density at radius 3 is 2.45 bits per heavy atom. The van der Waals surface area contributed by atoms with E-state index in [4.69, 9.17) is 4.74 Å². The Balaban J connectivity index is 1.65. The summed E-state index contributed by atoms with van der Waals surface area (Å²) in [7, 11) is -2.68. The maximum absolute atomic E-state index is 13.2. The molecule has 10 heteroatoms. The van der Waals surface area contributed by atoms with E-state index in [1.807, 2.05) is 0 Å². The Bertz CT molecular complexity index is 1520. The number of carbonyl (C=O) groups excluding carboxylic acids is 1. The number of aromatic nitrogens is 1. The standard InChI is InChI=1S/C23H18FN3O5S/c1-32-21-11-8-15(12-20(21)27-33(30,31)16-9-6-14(24)7-10-16)25-23(29)18-13-22(28)26-19-5-3-2-4-17(18)19/h2-13,27H,1H3,(H,25,29)(H,26,28). The van der Waals surface area contributed by atoms with Crippen molar-refractivity contribution in [3.63, 3.8) is 0 Å². The molecule has 168 valence electrons. The molecule has 0 aliphatic rings. The maximum Gasteiger partial charge on any atom is 0.262 e. The maximum atomic E-state index is 13.2. The van der Waals surface area contributed by atoms with Crippen molar-refractivity contribution in [3.05, 3.63) is 94.5 Å². The highest BCUT2D eigenvalue weighted by molar-refractivity contribution is 7.92. The number of hydrogen-bond donors (Lipinski definition) is 3. The lowest BCUT2D eigenvalue weighted by Gasteiger charge is -2.14. The number of sulfonamides is 1. The first-order chi connectivity index (χ1) is 15.8. The van der Waals surface area contributed by atoms with E-state index in [0.717, 1.165) is 24.3 Å². The molecule has 1 amide bonds. The van der Waals surface area contributed by atoms with Crippen molar-refractivity contribution in [1.29, 1.82) is 0 Å². The van der Waals surface area contributed by atoms with Crippen LogP contribution in [0.1, 0.15) is 10.4 Å². The van der Waals surface area contributed by atoms with E-state index >= 15 is 0 Å². The topological polar surface area (TPSA) is 117 Å². The minimum atomic E-state index is -4.05. The van der Waals surface area contributed by atoms with Crippen LogP contribution in [0.3, 0.4) is 0 Å². The number of pyridine rings is 1. The number of anilines is 2. The zero-order chi connectivity index (χ0) is 23.6. The molecule has 33 heavy (non-hydrogen) atoms. The molecule has 0 saturated heterocycles. The third-order valence-corrected chi connectivity index (χ3v) is 6.20. The number of rotatable bonds is 6. The second-order valence-electron chi connectivity index (χ2n) is 7.02. The summed E-state index contributed by atoms with van der Waals surface area (Å²) in [6.07, 6.45) is 0. The van der Waals surface area contributed by atoms with Gasteiger partial charge in [-0.2, -0.15) is 0 Å². The molecule has 1 aromatic heterocycles. The number of carbonyl (C=O) groups is 1. The molecule has 0 bridgehead atoms. The average Bonchev–Trinajstić information content (AvgIpc) is 2.78. The molecule has 4 rings (SSSR count). The van der Waals surface area contributed by atoms with Crippen molar-refractivity contribution in [1.82, 2.24) is 4.98 Å². The van der Waals surface area contributed by atoms with Gasteiger partial charge in [-0.1, -0.05) is 18.2 Å². The van der Waals surface area contributed by atoms with Gasteiger partial charge in [0.05, 0.1) is 23.3 Å². The number of para-hydroxylation sites is 1. The number of ether oxygens (including phenoxy) is 1. The number of fused-ring (bicyclic) bond motifs is 1. The Kier molecular flexibility index (Phi) is 5.84. The average molecular weight is 467 g/mol. The fraction of sp³-hybridized carbons (Fsp3) is 0.0435. The molecule has 4 aromatic rings. The van der Waals surface area contributed by atoms with E-state index in [9.17, 15) is 22.4 Å². The Morgan fingerprint density at radius 1 is 1.00 bits per heavy atom. The monoisotopic (exact) mass is 467 g/mol. The number of benzene rings is 3. The van der Waals surface area contributed by atoms with Crippen molar-refractivity contribution in [2.75, 3.05) is 17.1 Å². The van der Waals surface area contributed by atoms with Crippen LogP contribution in [-0.2, 0) is 10.0 Å². The van der Waals surface area contributed by atoms with E-state index in [2.05, 4.69) is 15.0 Å². The van der Waals surface area contributed by atoms with Gasteiger partial charge in [-0.15, -0.1) is 0 Å². The highest BCUT2D eigenvalue weighted by Crippen LogP contribution is 2.30. The molecular weight excluding hydrogens is 449 g/mol. The molecule has 0 saturated carbocycles. The fourth-order valence-electron chi connectivity index (χ4n) is 3.27. The summed E-state index contributed by atoms with van der Waals surface area (Å²) in [5.41, 5.74) is 0.579. The summed E-state index contributed by atoms with van der Waals surface area (Å²) in [4.78, 5) is 27.4. The number of nitrogens with one attached hydrogen (secondary N) is 3. The fourth-order valence-corrected chi connectivity index (χ4v) is 4.34. The second kappa shape index (κ2) is 8.75. The van der Waals surface area contributed by atoms with Gasteiger partial charge in [-0.05, 0) is 48.5 Å². The van der Waals surface area contributed by atoms with E-state index in [1.165, 1.54) is 31.4 Å². The molecule has 3 aromatic carbocycles. The molecule has 0 aliphatic carbocycles. The first kappa shape index (κ1) is 22.0. The summed E-state index contributed by atoms with van der Waals surface area (Å²) in [6.45, 7) is 0. The minimum absolute atomic E-state index is 0.0652. The van der Waals surface area contributed by atoms with Crippen LogP contribution in [0.2, 0.25) is 0 Å². The molecular formula is C23H18FN3O5S. The van der Waals surface area contributed by atoms with Gasteiger partial charge < -0.3 is 15.0 Å². The van der Waals surface area contributed by atoms with E-state index in [-0.39, 0.29) is 27.6 Å². The molecule has 0 radical (unpaired) electrons. The molecule has 0 unspecified atom stereocenters. The summed E-state index contributed by atoms with van der Waals surface area (Å²) >= 11 is 0. The predicted molar refractivity (Wildman–Crippen MR) is 123 cm³/mol. The Labute approximate surface area is 188 Å². The quantitative estimate of drug-likeness (QED) is 0.399. The number of methoxy groups -OCH3 is 1. The van der Waals surface area contributed by atoms with Gasteiger partial charge in [0.25, 0.3) is 15.9 Å². The summed E-state index contributed by atoms with van der Waals surface area (Å²) in [5.74, 6) is -0.904. The summed E-state index contributed by atoms with van der Waals surface area (Å²) < 4.78 is 46.2. The third kappa shape index (κ3) is 4.70. The number of hydrogen-bond acceptors (Lipinski definition) is 5. The van der Waals surface area contributed by atoms with Crippen molar-refractivity contribution in [3.8, 4) is 5.75 Å².